The number of thioether (sulfide) groups is 1. The van der Waals surface area contributed by atoms with Crippen LogP contribution in [0.15, 0.2) is 17.0 Å². The van der Waals surface area contributed by atoms with Crippen LogP contribution in [0.5, 0.6) is 0 Å². The molecule has 2 rings (SSSR count). The van der Waals surface area contributed by atoms with Crippen molar-refractivity contribution in [1.29, 1.82) is 0 Å². The number of benzene rings is 1. The molecule has 1 atom stereocenters. The number of hydrogen-bond acceptors (Lipinski definition) is 2. The van der Waals surface area contributed by atoms with Gasteiger partial charge in [0.2, 0.25) is 0 Å². The van der Waals surface area contributed by atoms with Crippen LogP contribution in [0.4, 0.5) is 14.5 Å². The second kappa shape index (κ2) is 3.18. The Morgan fingerprint density at radius 3 is 3.00 bits per heavy atom. The molecule has 0 amide bonds. The van der Waals surface area contributed by atoms with E-state index in [1.807, 2.05) is 6.92 Å². The third-order valence-electron chi connectivity index (χ3n) is 1.95. The highest BCUT2D eigenvalue weighted by Crippen LogP contribution is 2.37. The van der Waals surface area contributed by atoms with Crippen molar-refractivity contribution in [2.45, 2.75) is 17.1 Å². The van der Waals surface area contributed by atoms with Crippen LogP contribution in [-0.2, 0) is 0 Å². The van der Waals surface area contributed by atoms with Crippen molar-refractivity contribution in [2.24, 2.45) is 0 Å². The minimum Gasteiger partial charge on any atom is -0.383 e. The molecular formula is C9H9F2NS. The molecular weight excluding hydrogens is 192 g/mol. The van der Waals surface area contributed by atoms with Crippen molar-refractivity contribution in [3.05, 3.63) is 23.8 Å². The Morgan fingerprint density at radius 1 is 1.46 bits per heavy atom. The van der Waals surface area contributed by atoms with Gasteiger partial charge in [-0.3, -0.25) is 0 Å². The summed E-state index contributed by atoms with van der Waals surface area (Å²) in [5.74, 6) is -1.51. The number of anilines is 1. The molecule has 0 aromatic heterocycles. The largest absolute Gasteiger partial charge is 0.383 e. The van der Waals surface area contributed by atoms with E-state index in [9.17, 15) is 8.78 Å². The van der Waals surface area contributed by atoms with Crippen molar-refractivity contribution < 1.29 is 8.78 Å². The van der Waals surface area contributed by atoms with Gasteiger partial charge in [-0.15, -0.1) is 11.8 Å². The Bertz CT molecular complexity index is 341. The lowest BCUT2D eigenvalue weighted by molar-refractivity contribution is 0.491. The van der Waals surface area contributed by atoms with Gasteiger partial charge in [-0.1, -0.05) is 6.92 Å². The van der Waals surface area contributed by atoms with E-state index in [0.717, 1.165) is 12.6 Å². The highest BCUT2D eigenvalue weighted by atomic mass is 32.2. The van der Waals surface area contributed by atoms with E-state index in [-0.39, 0.29) is 5.25 Å². The summed E-state index contributed by atoms with van der Waals surface area (Å²) < 4.78 is 26.0. The summed E-state index contributed by atoms with van der Waals surface area (Å²) in [6.45, 7) is 2.77. The van der Waals surface area contributed by atoms with Crippen molar-refractivity contribution in [2.75, 3.05) is 11.9 Å². The molecule has 0 saturated carbocycles. The average Bonchev–Trinajstić information content (AvgIpc) is 2.12. The van der Waals surface area contributed by atoms with Crippen LogP contribution in [0.2, 0.25) is 0 Å². The summed E-state index contributed by atoms with van der Waals surface area (Å²) >= 11 is 1.38. The molecule has 1 N–H and O–H groups in total. The summed E-state index contributed by atoms with van der Waals surface area (Å²) in [4.78, 5) is 0.402. The minimum absolute atomic E-state index is 0.281. The first kappa shape index (κ1) is 8.81. The molecule has 1 aromatic carbocycles. The lowest BCUT2D eigenvalue weighted by atomic mass is 10.3. The normalized spacial score (nSPS) is 20.7. The van der Waals surface area contributed by atoms with Crippen molar-refractivity contribution in [3.8, 4) is 0 Å². The molecule has 1 aliphatic heterocycles. The number of fused-ring (bicyclic) bond motifs is 1. The molecule has 0 saturated heterocycles. The second-order valence-electron chi connectivity index (χ2n) is 3.05. The van der Waals surface area contributed by atoms with E-state index in [1.165, 1.54) is 11.8 Å². The lowest BCUT2D eigenvalue weighted by Gasteiger charge is -2.22. The molecule has 0 fully saturated rings. The number of hydrogen-bond donors (Lipinski definition) is 1. The molecule has 1 heterocycles. The van der Waals surface area contributed by atoms with E-state index in [4.69, 9.17) is 0 Å². The molecule has 0 bridgehead atoms. The van der Waals surface area contributed by atoms with Gasteiger partial charge >= 0.3 is 0 Å². The van der Waals surface area contributed by atoms with Gasteiger partial charge in [0.15, 0.2) is 11.6 Å². The molecule has 4 heteroatoms. The molecule has 0 unspecified atom stereocenters. The van der Waals surface area contributed by atoms with Crippen LogP contribution in [0.1, 0.15) is 6.92 Å². The third-order valence-corrected chi connectivity index (χ3v) is 3.15. The fourth-order valence-corrected chi connectivity index (χ4v) is 2.32. The first-order valence-electron chi connectivity index (χ1n) is 4.07. The van der Waals surface area contributed by atoms with Gasteiger partial charge in [0.25, 0.3) is 0 Å². The van der Waals surface area contributed by atoms with E-state index in [1.54, 1.807) is 6.07 Å². The van der Waals surface area contributed by atoms with Gasteiger partial charge in [0.05, 0.1) is 10.6 Å². The second-order valence-corrected chi connectivity index (χ2v) is 4.50. The van der Waals surface area contributed by atoms with Crippen LogP contribution in [0.25, 0.3) is 0 Å². The monoisotopic (exact) mass is 201 g/mol. The summed E-state index contributed by atoms with van der Waals surface area (Å²) in [7, 11) is 0. The lowest BCUT2D eigenvalue weighted by Crippen LogP contribution is -2.19. The molecule has 1 nitrogen and oxygen atoms in total. The summed E-state index contributed by atoms with van der Waals surface area (Å²) in [5.41, 5.74) is 0.696. The molecule has 70 valence electrons. The van der Waals surface area contributed by atoms with Crippen LogP contribution in [0.3, 0.4) is 0 Å². The van der Waals surface area contributed by atoms with Gasteiger partial charge in [-0.2, -0.15) is 0 Å². The van der Waals surface area contributed by atoms with Gasteiger partial charge in [0.1, 0.15) is 0 Å². The Morgan fingerprint density at radius 2 is 2.23 bits per heavy atom. The molecule has 0 radical (unpaired) electrons. The van der Waals surface area contributed by atoms with E-state index in [0.29, 0.717) is 10.6 Å². The highest BCUT2D eigenvalue weighted by molar-refractivity contribution is 8.00. The maximum Gasteiger partial charge on any atom is 0.174 e. The van der Waals surface area contributed by atoms with Gasteiger partial charge in [-0.25, -0.2) is 8.78 Å². The summed E-state index contributed by atoms with van der Waals surface area (Å²) in [5, 5.41) is 3.33. The molecule has 1 aliphatic rings. The first-order chi connectivity index (χ1) is 6.18. The van der Waals surface area contributed by atoms with Crippen molar-refractivity contribution in [3.63, 3.8) is 0 Å². The van der Waals surface area contributed by atoms with Crippen molar-refractivity contribution >= 4 is 17.4 Å². The predicted molar refractivity (Wildman–Crippen MR) is 50.2 cm³/mol. The predicted octanol–water partition coefficient (Wildman–Crippen LogP) is 2.87. The van der Waals surface area contributed by atoms with Gasteiger partial charge in [-0.05, 0) is 12.1 Å². The van der Waals surface area contributed by atoms with Crippen LogP contribution in [-0.4, -0.2) is 11.8 Å². The quantitative estimate of drug-likeness (QED) is 0.692. The summed E-state index contributed by atoms with van der Waals surface area (Å²) in [6.07, 6.45) is 0. The zero-order valence-corrected chi connectivity index (χ0v) is 7.92. The molecule has 1 aromatic rings. The highest BCUT2D eigenvalue weighted by Gasteiger charge is 2.20. The minimum atomic E-state index is -0.776. The molecule has 0 aliphatic carbocycles. The Kier molecular flexibility index (Phi) is 2.15. The third kappa shape index (κ3) is 1.50. The maximum absolute atomic E-state index is 13.2. The molecule has 0 spiro atoms. The smallest absolute Gasteiger partial charge is 0.174 e. The van der Waals surface area contributed by atoms with Crippen LogP contribution >= 0.6 is 11.8 Å². The summed E-state index contributed by atoms with van der Waals surface area (Å²) in [6, 6.07) is 2.73. The number of rotatable bonds is 0. The fourth-order valence-electron chi connectivity index (χ4n) is 1.28. The van der Waals surface area contributed by atoms with Crippen LogP contribution < -0.4 is 5.32 Å². The van der Waals surface area contributed by atoms with Gasteiger partial charge < -0.3 is 5.32 Å². The SMILES string of the molecule is C[C@H]1CNc2ccc(F)c(F)c2S1. The standard InChI is InChI=1S/C9H9F2NS/c1-5-4-12-7-3-2-6(10)8(11)9(7)13-5/h2-3,5,12H,4H2,1H3/t5-/m0/s1. The number of halogens is 2. The zero-order chi connectivity index (χ0) is 9.42. The Labute approximate surface area is 79.5 Å². The van der Waals surface area contributed by atoms with Gasteiger partial charge in [0, 0.05) is 11.8 Å². The first-order valence-corrected chi connectivity index (χ1v) is 4.95. The Hall–Kier alpha value is -0.770. The van der Waals surface area contributed by atoms with E-state index < -0.39 is 11.6 Å². The average molecular weight is 201 g/mol. The van der Waals surface area contributed by atoms with Crippen molar-refractivity contribution in [1.82, 2.24) is 0 Å². The topological polar surface area (TPSA) is 12.0 Å². The fraction of sp³-hybridized carbons (Fsp3) is 0.333. The maximum atomic E-state index is 13.2. The van der Waals surface area contributed by atoms with E-state index in [2.05, 4.69) is 5.32 Å². The Balaban J connectivity index is 2.48. The zero-order valence-electron chi connectivity index (χ0n) is 7.10. The van der Waals surface area contributed by atoms with Crippen LogP contribution in [0, 0.1) is 11.6 Å². The van der Waals surface area contributed by atoms with E-state index >= 15 is 0 Å². The molecule has 13 heavy (non-hydrogen) atoms. The number of nitrogens with one attached hydrogen (secondary N) is 1.